The molecule has 0 aromatic heterocycles. The zero-order valence-electron chi connectivity index (χ0n) is 7.31. The lowest BCUT2D eigenvalue weighted by molar-refractivity contribution is -0.137. The highest BCUT2D eigenvalue weighted by Crippen LogP contribution is 2.28. The van der Waals surface area contributed by atoms with Crippen molar-refractivity contribution in [2.75, 3.05) is 0 Å². The van der Waals surface area contributed by atoms with Crippen molar-refractivity contribution in [2.45, 2.75) is 13.1 Å². The molecule has 0 bridgehead atoms. The molecule has 0 aliphatic rings. The van der Waals surface area contributed by atoms with E-state index in [4.69, 9.17) is 0 Å². The molecule has 1 rings (SSSR count). The monoisotopic (exact) mass is 188 g/mol. The Morgan fingerprint density at radius 3 is 1.77 bits per heavy atom. The van der Waals surface area contributed by atoms with E-state index in [1.54, 1.807) is 12.1 Å². The van der Waals surface area contributed by atoms with Gasteiger partial charge in [0.1, 0.15) is 0 Å². The predicted molar refractivity (Wildman–Crippen MR) is 47.3 cm³/mol. The Morgan fingerprint density at radius 1 is 1.15 bits per heavy atom. The summed E-state index contributed by atoms with van der Waals surface area (Å²) in [5.74, 6) is 0. The first kappa shape index (κ1) is 11.8. The van der Waals surface area contributed by atoms with Crippen LogP contribution in [-0.2, 0) is 6.18 Å². The van der Waals surface area contributed by atoms with Gasteiger partial charge in [-0.15, -0.1) is 6.58 Å². The molecule has 0 atom stereocenters. The minimum Gasteiger partial charge on any atom is -0.166 e. The number of benzene rings is 1. The predicted octanol–water partition coefficient (Wildman–Crippen LogP) is 3.90. The second-order valence-corrected chi connectivity index (χ2v) is 2.27. The standard InChI is InChI=1S/C7H5F3.C3H6/c8-7(9,10)6-4-2-1-3-5-6;1-3-2/h1-5H;3H,1H2,2H3. The molecule has 0 aliphatic carbocycles. The third kappa shape index (κ3) is 5.06. The van der Waals surface area contributed by atoms with Gasteiger partial charge in [0.25, 0.3) is 0 Å². The summed E-state index contributed by atoms with van der Waals surface area (Å²) in [4.78, 5) is 0. The average Bonchev–Trinajstić information content (AvgIpc) is 2.06. The number of hydrogen-bond acceptors (Lipinski definition) is 0. The molecular weight excluding hydrogens is 177 g/mol. The lowest BCUT2D eigenvalue weighted by atomic mass is 10.2. The molecular formula is C10H11F3. The molecule has 1 aromatic carbocycles. The van der Waals surface area contributed by atoms with Gasteiger partial charge in [-0.05, 0) is 6.92 Å². The van der Waals surface area contributed by atoms with E-state index in [2.05, 4.69) is 6.58 Å². The third-order valence-electron chi connectivity index (χ3n) is 1.10. The van der Waals surface area contributed by atoms with Gasteiger partial charge in [-0.25, -0.2) is 0 Å². The number of rotatable bonds is 0. The molecule has 1 aromatic rings. The molecule has 0 saturated heterocycles. The molecule has 0 aliphatic heterocycles. The van der Waals surface area contributed by atoms with Crippen molar-refractivity contribution in [3.05, 3.63) is 48.6 Å². The number of allylic oxidation sites excluding steroid dienone is 1. The second kappa shape index (κ2) is 5.41. The van der Waals surface area contributed by atoms with E-state index in [1.165, 1.54) is 12.1 Å². The summed E-state index contributed by atoms with van der Waals surface area (Å²) in [5, 5.41) is 0. The van der Waals surface area contributed by atoms with Crippen molar-refractivity contribution >= 4 is 0 Å². The molecule has 72 valence electrons. The second-order valence-electron chi connectivity index (χ2n) is 2.27. The molecule has 0 saturated carbocycles. The third-order valence-corrected chi connectivity index (χ3v) is 1.10. The molecule has 0 amide bonds. The highest BCUT2D eigenvalue weighted by Gasteiger charge is 2.29. The van der Waals surface area contributed by atoms with Crippen LogP contribution in [0, 0.1) is 0 Å². The van der Waals surface area contributed by atoms with Crippen molar-refractivity contribution in [3.8, 4) is 0 Å². The SMILES string of the molecule is C=CC.FC(F)(F)c1ccccc1. The van der Waals surface area contributed by atoms with Crippen LogP contribution < -0.4 is 0 Å². The first-order valence-corrected chi connectivity index (χ1v) is 3.71. The van der Waals surface area contributed by atoms with E-state index >= 15 is 0 Å². The van der Waals surface area contributed by atoms with Crippen LogP contribution in [0.2, 0.25) is 0 Å². The average molecular weight is 188 g/mol. The summed E-state index contributed by atoms with van der Waals surface area (Å²) in [6.45, 7) is 5.25. The van der Waals surface area contributed by atoms with E-state index in [0.717, 1.165) is 12.1 Å². The molecule has 0 N–H and O–H groups in total. The zero-order valence-corrected chi connectivity index (χ0v) is 7.31. The molecule has 0 nitrogen and oxygen atoms in total. The van der Waals surface area contributed by atoms with E-state index < -0.39 is 11.7 Å². The van der Waals surface area contributed by atoms with Gasteiger partial charge in [-0.1, -0.05) is 36.4 Å². The Bertz CT molecular complexity index is 236. The normalized spacial score (nSPS) is 9.85. The summed E-state index contributed by atoms with van der Waals surface area (Å²) in [7, 11) is 0. The van der Waals surface area contributed by atoms with Gasteiger partial charge in [0.2, 0.25) is 0 Å². The van der Waals surface area contributed by atoms with Gasteiger partial charge in [-0.2, -0.15) is 13.2 Å². The fourth-order valence-corrected chi connectivity index (χ4v) is 0.627. The quantitative estimate of drug-likeness (QED) is 0.541. The summed E-state index contributed by atoms with van der Waals surface area (Å²) < 4.78 is 35.4. The fraction of sp³-hybridized carbons (Fsp3) is 0.200. The molecule has 0 heterocycles. The molecule has 3 heteroatoms. The minimum absolute atomic E-state index is 0.602. The smallest absolute Gasteiger partial charge is 0.166 e. The lowest BCUT2D eigenvalue weighted by Crippen LogP contribution is -2.03. The largest absolute Gasteiger partial charge is 0.416 e. The molecule has 0 spiro atoms. The summed E-state index contributed by atoms with van der Waals surface area (Å²) in [6, 6.07) is 6.36. The van der Waals surface area contributed by atoms with E-state index in [1.807, 2.05) is 6.92 Å². The topological polar surface area (TPSA) is 0 Å². The van der Waals surface area contributed by atoms with Crippen molar-refractivity contribution in [2.24, 2.45) is 0 Å². The Morgan fingerprint density at radius 2 is 1.54 bits per heavy atom. The van der Waals surface area contributed by atoms with Crippen LogP contribution in [-0.4, -0.2) is 0 Å². The van der Waals surface area contributed by atoms with E-state index in [0.29, 0.717) is 0 Å². The van der Waals surface area contributed by atoms with Crippen LogP contribution in [0.25, 0.3) is 0 Å². The summed E-state index contributed by atoms with van der Waals surface area (Å²) >= 11 is 0. The summed E-state index contributed by atoms with van der Waals surface area (Å²) in [6.07, 6.45) is -2.46. The number of hydrogen-bond donors (Lipinski definition) is 0. The van der Waals surface area contributed by atoms with Crippen molar-refractivity contribution < 1.29 is 13.2 Å². The molecule has 13 heavy (non-hydrogen) atoms. The maximum Gasteiger partial charge on any atom is 0.416 e. The van der Waals surface area contributed by atoms with Gasteiger partial charge >= 0.3 is 6.18 Å². The van der Waals surface area contributed by atoms with Crippen LogP contribution in [0.5, 0.6) is 0 Å². The first-order valence-electron chi connectivity index (χ1n) is 3.71. The van der Waals surface area contributed by atoms with Crippen molar-refractivity contribution in [1.29, 1.82) is 0 Å². The number of halogens is 3. The first-order chi connectivity index (χ1) is 6.02. The Balaban J connectivity index is 0.000000424. The van der Waals surface area contributed by atoms with E-state index in [-0.39, 0.29) is 0 Å². The van der Waals surface area contributed by atoms with Crippen LogP contribution in [0.15, 0.2) is 43.0 Å². The minimum atomic E-state index is -4.21. The van der Waals surface area contributed by atoms with Gasteiger partial charge in [-0.3, -0.25) is 0 Å². The number of alkyl halides is 3. The zero-order chi connectivity index (χ0) is 10.3. The maximum atomic E-state index is 11.8. The highest BCUT2D eigenvalue weighted by atomic mass is 19.4. The van der Waals surface area contributed by atoms with Crippen LogP contribution in [0.1, 0.15) is 12.5 Å². The Kier molecular flexibility index (Phi) is 4.89. The molecule has 0 radical (unpaired) electrons. The molecule has 0 unspecified atom stereocenters. The highest BCUT2D eigenvalue weighted by molar-refractivity contribution is 5.17. The Hall–Kier alpha value is -1.25. The van der Waals surface area contributed by atoms with E-state index in [9.17, 15) is 13.2 Å². The van der Waals surface area contributed by atoms with Gasteiger partial charge in [0.15, 0.2) is 0 Å². The Labute approximate surface area is 75.7 Å². The van der Waals surface area contributed by atoms with Crippen LogP contribution in [0.3, 0.4) is 0 Å². The summed E-state index contributed by atoms with van der Waals surface area (Å²) in [5.41, 5.74) is -0.602. The fourth-order valence-electron chi connectivity index (χ4n) is 0.627. The van der Waals surface area contributed by atoms with Crippen molar-refractivity contribution in [3.63, 3.8) is 0 Å². The van der Waals surface area contributed by atoms with Crippen LogP contribution in [0.4, 0.5) is 13.2 Å². The van der Waals surface area contributed by atoms with Crippen molar-refractivity contribution in [1.82, 2.24) is 0 Å². The maximum absolute atomic E-state index is 11.8. The molecule has 0 fully saturated rings. The lowest BCUT2D eigenvalue weighted by Gasteiger charge is -2.03. The van der Waals surface area contributed by atoms with Gasteiger partial charge in [0, 0.05) is 0 Å². The van der Waals surface area contributed by atoms with Gasteiger partial charge in [0.05, 0.1) is 5.56 Å². The van der Waals surface area contributed by atoms with Gasteiger partial charge < -0.3 is 0 Å². The van der Waals surface area contributed by atoms with Crippen LogP contribution >= 0.6 is 0 Å².